The van der Waals surface area contributed by atoms with Gasteiger partial charge in [0.2, 0.25) is 0 Å². The van der Waals surface area contributed by atoms with E-state index in [0.29, 0.717) is 23.6 Å². The van der Waals surface area contributed by atoms with Gasteiger partial charge >= 0.3 is 0 Å². The molecule has 5 heteroatoms. The summed E-state index contributed by atoms with van der Waals surface area (Å²) >= 11 is 12.1. The van der Waals surface area contributed by atoms with Gasteiger partial charge in [0.15, 0.2) is 0 Å². The average molecular weight is 291 g/mol. The van der Waals surface area contributed by atoms with Crippen LogP contribution in [0.15, 0.2) is 12.3 Å². The van der Waals surface area contributed by atoms with Crippen LogP contribution in [0.4, 0.5) is 5.82 Å². The summed E-state index contributed by atoms with van der Waals surface area (Å²) in [5.41, 5.74) is 0.932. The van der Waals surface area contributed by atoms with Crippen molar-refractivity contribution in [3.63, 3.8) is 0 Å². The Morgan fingerprint density at radius 2 is 2.22 bits per heavy atom. The highest BCUT2D eigenvalue weighted by Gasteiger charge is 2.17. The van der Waals surface area contributed by atoms with E-state index in [0.717, 1.165) is 24.3 Å². The quantitative estimate of drug-likeness (QED) is 0.716. The maximum atomic E-state index is 6.28. The van der Waals surface area contributed by atoms with Crippen LogP contribution in [0.3, 0.4) is 0 Å². The minimum absolute atomic E-state index is 0.368. The van der Waals surface area contributed by atoms with Crippen molar-refractivity contribution in [3.8, 4) is 0 Å². The molecule has 0 aliphatic rings. The van der Waals surface area contributed by atoms with Crippen molar-refractivity contribution in [2.45, 2.75) is 32.2 Å². The van der Waals surface area contributed by atoms with Gasteiger partial charge in [0.25, 0.3) is 0 Å². The molecule has 1 rings (SSSR count). The summed E-state index contributed by atoms with van der Waals surface area (Å²) in [6.07, 6.45) is 2.80. The highest BCUT2D eigenvalue weighted by atomic mass is 35.5. The minimum Gasteiger partial charge on any atom is -0.383 e. The molecule has 0 N–H and O–H groups in total. The van der Waals surface area contributed by atoms with Gasteiger partial charge in [-0.15, -0.1) is 11.6 Å². The summed E-state index contributed by atoms with van der Waals surface area (Å²) in [5, 5.41) is 0.643. The number of ether oxygens (including phenoxy) is 1. The number of hydrogen-bond acceptors (Lipinski definition) is 3. The van der Waals surface area contributed by atoms with Gasteiger partial charge in [-0.2, -0.15) is 0 Å². The van der Waals surface area contributed by atoms with Gasteiger partial charge in [-0.05, 0) is 25.0 Å². The number of anilines is 1. The summed E-state index contributed by atoms with van der Waals surface area (Å²) in [6, 6.07) is 2.24. The molecule has 102 valence electrons. The molecule has 18 heavy (non-hydrogen) atoms. The van der Waals surface area contributed by atoms with Crippen molar-refractivity contribution in [1.29, 1.82) is 0 Å². The standard InChI is InChI=1S/C13H20Cl2N2O/c1-4-10(2)17(5-6-18-3)13-12(15)7-11(8-14)9-16-13/h7,9-10H,4-6,8H2,1-3H3. The van der Waals surface area contributed by atoms with E-state index in [4.69, 9.17) is 27.9 Å². The number of rotatable bonds is 7. The van der Waals surface area contributed by atoms with Crippen molar-refractivity contribution < 1.29 is 4.74 Å². The van der Waals surface area contributed by atoms with Crippen LogP contribution < -0.4 is 4.90 Å². The number of hydrogen-bond donors (Lipinski definition) is 0. The van der Waals surface area contributed by atoms with E-state index >= 15 is 0 Å². The van der Waals surface area contributed by atoms with Gasteiger partial charge < -0.3 is 9.64 Å². The molecule has 0 bridgehead atoms. The molecule has 1 heterocycles. The Balaban J connectivity index is 2.96. The lowest BCUT2D eigenvalue weighted by atomic mass is 10.2. The molecule has 1 atom stereocenters. The minimum atomic E-state index is 0.368. The molecule has 1 aromatic rings. The Labute approximate surface area is 119 Å². The maximum Gasteiger partial charge on any atom is 0.147 e. The maximum absolute atomic E-state index is 6.28. The Morgan fingerprint density at radius 3 is 2.72 bits per heavy atom. The van der Waals surface area contributed by atoms with Crippen molar-refractivity contribution >= 4 is 29.0 Å². The van der Waals surface area contributed by atoms with Gasteiger partial charge in [0, 0.05) is 31.8 Å². The van der Waals surface area contributed by atoms with Crippen LogP contribution in [0.2, 0.25) is 5.02 Å². The zero-order chi connectivity index (χ0) is 13.5. The molecular weight excluding hydrogens is 271 g/mol. The van der Waals surface area contributed by atoms with E-state index in [2.05, 4.69) is 23.7 Å². The Kier molecular flexibility index (Phi) is 6.76. The predicted octanol–water partition coefficient (Wildman–Crippen LogP) is 3.73. The zero-order valence-corrected chi connectivity index (χ0v) is 12.6. The highest BCUT2D eigenvalue weighted by Crippen LogP contribution is 2.26. The van der Waals surface area contributed by atoms with E-state index in [-0.39, 0.29) is 0 Å². The molecule has 0 aromatic carbocycles. The Hall–Kier alpha value is -0.510. The lowest BCUT2D eigenvalue weighted by Gasteiger charge is -2.30. The number of methoxy groups -OCH3 is 1. The number of aromatic nitrogens is 1. The van der Waals surface area contributed by atoms with Crippen molar-refractivity contribution in [2.24, 2.45) is 0 Å². The highest BCUT2D eigenvalue weighted by molar-refractivity contribution is 6.33. The number of pyridine rings is 1. The van der Waals surface area contributed by atoms with Gasteiger partial charge in [0.05, 0.1) is 11.6 Å². The van der Waals surface area contributed by atoms with Crippen LogP contribution in [0.25, 0.3) is 0 Å². The first-order valence-electron chi connectivity index (χ1n) is 6.10. The third kappa shape index (κ3) is 4.01. The molecule has 0 spiro atoms. The summed E-state index contributed by atoms with van der Waals surface area (Å²) in [7, 11) is 1.69. The van der Waals surface area contributed by atoms with E-state index in [1.807, 2.05) is 6.07 Å². The monoisotopic (exact) mass is 290 g/mol. The van der Waals surface area contributed by atoms with Crippen molar-refractivity contribution in [3.05, 3.63) is 22.8 Å². The second kappa shape index (κ2) is 7.82. The average Bonchev–Trinajstić information content (AvgIpc) is 2.39. The fourth-order valence-electron chi connectivity index (χ4n) is 1.70. The first-order chi connectivity index (χ1) is 8.63. The summed E-state index contributed by atoms with van der Waals surface area (Å²) in [6.45, 7) is 5.73. The van der Waals surface area contributed by atoms with Gasteiger partial charge in [-0.3, -0.25) is 0 Å². The summed E-state index contributed by atoms with van der Waals surface area (Å²) < 4.78 is 5.14. The number of nitrogens with zero attached hydrogens (tertiary/aromatic N) is 2. The zero-order valence-electron chi connectivity index (χ0n) is 11.1. The molecule has 0 amide bonds. The summed E-state index contributed by atoms with van der Waals surface area (Å²) in [4.78, 5) is 6.60. The van der Waals surface area contributed by atoms with Gasteiger partial charge in [-0.25, -0.2) is 4.98 Å². The van der Waals surface area contributed by atoms with Crippen LogP contribution in [-0.4, -0.2) is 31.3 Å². The second-order valence-electron chi connectivity index (χ2n) is 4.23. The molecule has 0 radical (unpaired) electrons. The summed E-state index contributed by atoms with van der Waals surface area (Å²) in [5.74, 6) is 1.23. The SMILES string of the molecule is CCC(C)N(CCOC)c1ncc(CCl)cc1Cl. The lowest BCUT2D eigenvalue weighted by Crippen LogP contribution is -2.36. The van der Waals surface area contributed by atoms with Crippen LogP contribution in [-0.2, 0) is 10.6 Å². The van der Waals surface area contributed by atoms with E-state index < -0.39 is 0 Å². The van der Waals surface area contributed by atoms with Crippen LogP contribution in [0.5, 0.6) is 0 Å². The molecule has 0 aliphatic heterocycles. The van der Waals surface area contributed by atoms with Crippen LogP contribution in [0, 0.1) is 0 Å². The third-order valence-corrected chi connectivity index (χ3v) is 3.55. The lowest BCUT2D eigenvalue weighted by molar-refractivity contribution is 0.203. The van der Waals surface area contributed by atoms with Crippen molar-refractivity contribution in [2.75, 3.05) is 25.2 Å². The van der Waals surface area contributed by atoms with Gasteiger partial charge in [0.1, 0.15) is 5.82 Å². The molecule has 3 nitrogen and oxygen atoms in total. The first-order valence-corrected chi connectivity index (χ1v) is 7.01. The largest absolute Gasteiger partial charge is 0.383 e. The smallest absolute Gasteiger partial charge is 0.147 e. The Bertz CT molecular complexity index is 374. The normalized spacial score (nSPS) is 12.5. The van der Waals surface area contributed by atoms with Crippen LogP contribution in [0.1, 0.15) is 25.8 Å². The molecule has 1 aromatic heterocycles. The molecule has 0 aliphatic carbocycles. The molecule has 0 saturated heterocycles. The fourth-order valence-corrected chi connectivity index (χ4v) is 2.14. The van der Waals surface area contributed by atoms with E-state index in [9.17, 15) is 0 Å². The third-order valence-electron chi connectivity index (χ3n) is 2.96. The second-order valence-corrected chi connectivity index (χ2v) is 4.90. The van der Waals surface area contributed by atoms with Crippen molar-refractivity contribution in [1.82, 2.24) is 4.98 Å². The Morgan fingerprint density at radius 1 is 1.50 bits per heavy atom. The first kappa shape index (κ1) is 15.5. The molecule has 0 saturated carbocycles. The number of alkyl halides is 1. The van der Waals surface area contributed by atoms with Gasteiger partial charge in [-0.1, -0.05) is 18.5 Å². The topological polar surface area (TPSA) is 25.4 Å². The molecular formula is C13H20Cl2N2O. The molecule has 1 unspecified atom stereocenters. The van der Waals surface area contributed by atoms with Crippen LogP contribution >= 0.6 is 23.2 Å². The fraction of sp³-hybridized carbons (Fsp3) is 0.615. The van der Waals surface area contributed by atoms with E-state index in [1.165, 1.54) is 0 Å². The van der Waals surface area contributed by atoms with E-state index in [1.54, 1.807) is 13.3 Å². The molecule has 0 fully saturated rings. The predicted molar refractivity (Wildman–Crippen MR) is 77.8 cm³/mol. The number of halogens is 2.